The van der Waals surface area contributed by atoms with Crippen LogP contribution in [0.25, 0.3) is 0 Å². The minimum atomic E-state index is -0.836. The van der Waals surface area contributed by atoms with Crippen molar-refractivity contribution in [2.24, 2.45) is 11.8 Å². The summed E-state index contributed by atoms with van der Waals surface area (Å²) in [5.41, 5.74) is 2.49. The minimum Gasteiger partial charge on any atom is -0.481 e. The molecule has 1 unspecified atom stereocenters. The molecule has 1 fully saturated rings. The van der Waals surface area contributed by atoms with Gasteiger partial charge in [0.25, 0.3) is 0 Å². The maximum Gasteiger partial charge on any atom is 0.305 e. The van der Waals surface area contributed by atoms with E-state index in [1.165, 1.54) is 11.1 Å². The van der Waals surface area contributed by atoms with Crippen LogP contribution in [-0.2, 0) is 22.4 Å². The number of benzene rings is 1. The third-order valence-electron chi connectivity index (χ3n) is 4.34. The van der Waals surface area contributed by atoms with Crippen LogP contribution in [0.1, 0.15) is 30.4 Å². The molecule has 1 aromatic carbocycles. The van der Waals surface area contributed by atoms with Crippen molar-refractivity contribution >= 4 is 11.9 Å². The van der Waals surface area contributed by atoms with Gasteiger partial charge in [-0.3, -0.25) is 9.59 Å². The Morgan fingerprint density at radius 3 is 2.30 bits per heavy atom. The summed E-state index contributed by atoms with van der Waals surface area (Å²) in [5, 5.41) is 11.9. The van der Waals surface area contributed by atoms with Crippen molar-refractivity contribution in [3.8, 4) is 0 Å². The number of carboxylic acid groups (broad SMARTS) is 1. The number of carbonyl (C=O) groups is 2. The topological polar surface area (TPSA) is 66.4 Å². The van der Waals surface area contributed by atoms with Gasteiger partial charge in [-0.25, -0.2) is 0 Å². The van der Waals surface area contributed by atoms with Gasteiger partial charge in [0.15, 0.2) is 0 Å². The molecule has 0 heterocycles. The molecule has 0 aliphatic heterocycles. The van der Waals surface area contributed by atoms with Crippen molar-refractivity contribution in [3.05, 3.63) is 35.4 Å². The van der Waals surface area contributed by atoms with Crippen LogP contribution >= 0.6 is 0 Å². The zero-order valence-electron chi connectivity index (χ0n) is 11.3. The molecule has 2 aliphatic carbocycles. The Hall–Kier alpha value is -1.84. The molecular formula is C16H19NO3. The molecule has 106 valence electrons. The molecular weight excluding hydrogens is 254 g/mol. The van der Waals surface area contributed by atoms with Crippen LogP contribution in [0.2, 0.25) is 0 Å². The van der Waals surface area contributed by atoms with Gasteiger partial charge in [0.05, 0.1) is 6.42 Å². The molecule has 0 bridgehead atoms. The molecule has 0 spiro atoms. The zero-order chi connectivity index (χ0) is 14.1. The van der Waals surface area contributed by atoms with E-state index in [9.17, 15) is 9.59 Å². The van der Waals surface area contributed by atoms with Crippen LogP contribution < -0.4 is 5.32 Å². The Bertz CT molecular complexity index is 511. The fourth-order valence-electron chi connectivity index (χ4n) is 3.07. The molecule has 1 atom stereocenters. The second-order valence-corrected chi connectivity index (χ2v) is 5.92. The van der Waals surface area contributed by atoms with Gasteiger partial charge >= 0.3 is 5.97 Å². The highest BCUT2D eigenvalue weighted by atomic mass is 16.4. The highest BCUT2D eigenvalue weighted by Gasteiger charge is 2.36. The number of hydrogen-bond acceptors (Lipinski definition) is 2. The predicted molar refractivity (Wildman–Crippen MR) is 74.2 cm³/mol. The Labute approximate surface area is 118 Å². The molecule has 0 aromatic heterocycles. The van der Waals surface area contributed by atoms with Gasteiger partial charge in [0, 0.05) is 12.0 Å². The second kappa shape index (κ2) is 5.27. The van der Waals surface area contributed by atoms with Crippen LogP contribution in [0.4, 0.5) is 0 Å². The SMILES string of the molecule is O=C(O)CC(NC(=O)C1Cc2ccccc2C1)C1CC1. The summed E-state index contributed by atoms with van der Waals surface area (Å²) < 4.78 is 0. The first-order valence-electron chi connectivity index (χ1n) is 7.22. The van der Waals surface area contributed by atoms with Crippen LogP contribution in [0.15, 0.2) is 24.3 Å². The van der Waals surface area contributed by atoms with Crippen LogP contribution in [0.5, 0.6) is 0 Å². The molecule has 4 heteroatoms. The highest BCUT2D eigenvalue weighted by molar-refractivity contribution is 5.81. The van der Waals surface area contributed by atoms with E-state index in [1.54, 1.807) is 0 Å². The third-order valence-corrected chi connectivity index (χ3v) is 4.34. The summed E-state index contributed by atoms with van der Waals surface area (Å²) in [6.45, 7) is 0. The first-order chi connectivity index (χ1) is 9.63. The van der Waals surface area contributed by atoms with Crippen molar-refractivity contribution < 1.29 is 14.7 Å². The molecule has 4 nitrogen and oxygen atoms in total. The lowest BCUT2D eigenvalue weighted by Crippen LogP contribution is -2.41. The maximum atomic E-state index is 12.3. The molecule has 3 rings (SSSR count). The summed E-state index contributed by atoms with van der Waals surface area (Å²) in [5.74, 6) is -0.502. The fraction of sp³-hybridized carbons (Fsp3) is 0.500. The Morgan fingerprint density at radius 1 is 1.20 bits per heavy atom. The first-order valence-corrected chi connectivity index (χ1v) is 7.22. The lowest BCUT2D eigenvalue weighted by Gasteiger charge is -2.19. The van der Waals surface area contributed by atoms with E-state index in [4.69, 9.17) is 5.11 Å². The Kier molecular flexibility index (Phi) is 3.47. The average molecular weight is 273 g/mol. The van der Waals surface area contributed by atoms with E-state index in [-0.39, 0.29) is 24.3 Å². The maximum absolute atomic E-state index is 12.3. The number of nitrogens with one attached hydrogen (secondary N) is 1. The monoisotopic (exact) mass is 273 g/mol. The summed E-state index contributed by atoms with van der Waals surface area (Å²) in [6.07, 6.45) is 3.64. The van der Waals surface area contributed by atoms with Crippen LogP contribution in [0, 0.1) is 11.8 Å². The van der Waals surface area contributed by atoms with E-state index >= 15 is 0 Å². The van der Waals surface area contributed by atoms with Crippen LogP contribution in [0.3, 0.4) is 0 Å². The standard InChI is InChI=1S/C16H19NO3/c18-15(19)9-14(10-5-6-10)17-16(20)13-7-11-3-1-2-4-12(11)8-13/h1-4,10,13-14H,5-9H2,(H,17,20)(H,18,19). The van der Waals surface area contributed by atoms with E-state index in [1.807, 2.05) is 12.1 Å². The quantitative estimate of drug-likeness (QED) is 0.859. The van der Waals surface area contributed by atoms with Crippen molar-refractivity contribution in [1.29, 1.82) is 0 Å². The van der Waals surface area contributed by atoms with E-state index in [0.717, 1.165) is 25.7 Å². The van der Waals surface area contributed by atoms with E-state index in [0.29, 0.717) is 5.92 Å². The predicted octanol–water partition coefficient (Wildman–Crippen LogP) is 1.77. The van der Waals surface area contributed by atoms with E-state index in [2.05, 4.69) is 17.4 Å². The minimum absolute atomic E-state index is 0.0133. The summed E-state index contributed by atoms with van der Waals surface area (Å²) in [6, 6.07) is 7.94. The molecule has 20 heavy (non-hydrogen) atoms. The van der Waals surface area contributed by atoms with Crippen LogP contribution in [-0.4, -0.2) is 23.0 Å². The molecule has 1 saturated carbocycles. The number of rotatable bonds is 5. The number of aliphatic carboxylic acids is 1. The van der Waals surface area contributed by atoms with Gasteiger partial charge in [-0.05, 0) is 42.7 Å². The number of hydrogen-bond donors (Lipinski definition) is 2. The summed E-state index contributed by atoms with van der Waals surface area (Å²) in [4.78, 5) is 23.2. The van der Waals surface area contributed by atoms with Gasteiger partial charge in [-0.2, -0.15) is 0 Å². The smallest absolute Gasteiger partial charge is 0.305 e. The number of carboxylic acids is 1. The van der Waals surface area contributed by atoms with Crippen molar-refractivity contribution in [2.45, 2.75) is 38.1 Å². The van der Waals surface area contributed by atoms with Gasteiger partial charge in [-0.1, -0.05) is 24.3 Å². The van der Waals surface area contributed by atoms with Crippen molar-refractivity contribution in [3.63, 3.8) is 0 Å². The van der Waals surface area contributed by atoms with Gasteiger partial charge in [-0.15, -0.1) is 0 Å². The molecule has 2 aliphatic rings. The first kappa shape index (κ1) is 13.2. The highest BCUT2D eigenvalue weighted by Crippen LogP contribution is 2.34. The molecule has 2 N–H and O–H groups in total. The lowest BCUT2D eigenvalue weighted by molar-refractivity contribution is -0.138. The normalized spacial score (nSPS) is 19.4. The molecule has 0 radical (unpaired) electrons. The third kappa shape index (κ3) is 2.84. The second-order valence-electron chi connectivity index (χ2n) is 5.92. The molecule has 1 amide bonds. The zero-order valence-corrected chi connectivity index (χ0v) is 11.3. The fourth-order valence-corrected chi connectivity index (χ4v) is 3.07. The van der Waals surface area contributed by atoms with Crippen molar-refractivity contribution in [2.75, 3.05) is 0 Å². The summed E-state index contributed by atoms with van der Waals surface area (Å²) >= 11 is 0. The Balaban J connectivity index is 1.61. The van der Waals surface area contributed by atoms with Gasteiger partial charge < -0.3 is 10.4 Å². The lowest BCUT2D eigenvalue weighted by atomic mass is 10.0. The van der Waals surface area contributed by atoms with Crippen molar-refractivity contribution in [1.82, 2.24) is 5.32 Å². The largest absolute Gasteiger partial charge is 0.481 e. The summed E-state index contributed by atoms with van der Waals surface area (Å²) in [7, 11) is 0. The Morgan fingerprint density at radius 2 is 1.80 bits per heavy atom. The molecule has 1 aromatic rings. The number of fused-ring (bicyclic) bond motifs is 1. The number of carbonyl (C=O) groups excluding carboxylic acids is 1. The molecule has 0 saturated heterocycles. The van der Waals surface area contributed by atoms with Gasteiger partial charge in [0.1, 0.15) is 0 Å². The average Bonchev–Trinajstić information content (AvgIpc) is 3.16. The van der Waals surface area contributed by atoms with Gasteiger partial charge in [0.2, 0.25) is 5.91 Å². The number of amides is 1. The van der Waals surface area contributed by atoms with E-state index < -0.39 is 5.97 Å².